The Bertz CT molecular complexity index is 809. The molecule has 5 nitrogen and oxygen atoms in total. The van der Waals surface area contributed by atoms with Crippen molar-refractivity contribution in [1.82, 2.24) is 14.9 Å². The van der Waals surface area contributed by atoms with Crippen LogP contribution in [0.2, 0.25) is 0 Å². The molecule has 2 aromatic rings. The zero-order valence-electron chi connectivity index (χ0n) is 13.8. The van der Waals surface area contributed by atoms with E-state index >= 15 is 0 Å². The zero-order chi connectivity index (χ0) is 16.7. The molecule has 2 atom stereocenters. The van der Waals surface area contributed by atoms with Crippen LogP contribution in [-0.4, -0.2) is 40.1 Å². The molecule has 0 bridgehead atoms. The Morgan fingerprint density at radius 2 is 2.22 bits per heavy atom. The molecule has 0 aromatic carbocycles. The maximum atomic E-state index is 12.5. The summed E-state index contributed by atoms with van der Waals surface area (Å²) in [7, 11) is 3.46. The van der Waals surface area contributed by atoms with E-state index in [0.717, 1.165) is 29.5 Å². The van der Waals surface area contributed by atoms with Crippen molar-refractivity contribution in [2.45, 2.75) is 43.5 Å². The summed E-state index contributed by atoms with van der Waals surface area (Å²) in [6.07, 6.45) is 3.13. The second-order valence-electron chi connectivity index (χ2n) is 6.40. The number of hydrogen-bond donors (Lipinski definition) is 1. The first-order chi connectivity index (χ1) is 10.9. The predicted octanol–water partition coefficient (Wildman–Crippen LogP) is 2.68. The molecule has 1 amide bonds. The second kappa shape index (κ2) is 6.28. The molecule has 0 spiro atoms. The summed E-state index contributed by atoms with van der Waals surface area (Å²) in [6.45, 7) is 4.08. The van der Waals surface area contributed by atoms with Crippen LogP contribution in [0.4, 0.5) is 0 Å². The molecule has 0 saturated heterocycles. The molecule has 1 aliphatic rings. The van der Waals surface area contributed by atoms with Crippen LogP contribution in [0.3, 0.4) is 0 Å². The normalized spacial score (nSPS) is 18.7. The lowest BCUT2D eigenvalue weighted by molar-refractivity contribution is -0.127. The largest absolute Gasteiger partial charge is 0.348 e. The van der Waals surface area contributed by atoms with Crippen molar-refractivity contribution in [1.29, 1.82) is 0 Å². The number of carbonyl (C=O) groups is 1. The average Bonchev–Trinajstić information content (AvgIpc) is 2.83. The third-order valence-electron chi connectivity index (χ3n) is 4.22. The highest BCUT2D eigenvalue weighted by Gasteiger charge is 2.24. The van der Waals surface area contributed by atoms with Gasteiger partial charge in [0, 0.05) is 19.0 Å². The maximum Gasteiger partial charge on any atom is 0.260 e. The van der Waals surface area contributed by atoms with Crippen molar-refractivity contribution in [2.24, 2.45) is 5.92 Å². The van der Waals surface area contributed by atoms with Crippen molar-refractivity contribution in [3.05, 3.63) is 20.8 Å². The summed E-state index contributed by atoms with van der Waals surface area (Å²) in [5, 5.41) is 1.00. The Balaban J connectivity index is 1.96. The molecule has 2 aromatic heterocycles. The lowest BCUT2D eigenvalue weighted by Crippen LogP contribution is -2.30. The van der Waals surface area contributed by atoms with E-state index in [0.29, 0.717) is 11.1 Å². The number of hydrogen-bond acceptors (Lipinski definition) is 5. The monoisotopic (exact) mass is 351 g/mol. The highest BCUT2D eigenvalue weighted by atomic mass is 32.2. The van der Waals surface area contributed by atoms with E-state index in [1.807, 2.05) is 6.92 Å². The highest BCUT2D eigenvalue weighted by molar-refractivity contribution is 8.00. The van der Waals surface area contributed by atoms with Crippen LogP contribution in [0, 0.1) is 5.92 Å². The van der Waals surface area contributed by atoms with Crippen LogP contribution in [0.25, 0.3) is 10.2 Å². The summed E-state index contributed by atoms with van der Waals surface area (Å²) in [5.74, 6) is 0.679. The molecule has 0 aliphatic heterocycles. The number of H-pyrrole nitrogens is 1. The van der Waals surface area contributed by atoms with Crippen molar-refractivity contribution in [3.63, 3.8) is 0 Å². The quantitative estimate of drug-likeness (QED) is 0.682. The smallest absolute Gasteiger partial charge is 0.260 e. The number of rotatable bonds is 3. The second-order valence-corrected chi connectivity index (χ2v) is 8.81. The van der Waals surface area contributed by atoms with Gasteiger partial charge < -0.3 is 9.88 Å². The predicted molar refractivity (Wildman–Crippen MR) is 95.4 cm³/mol. The third-order valence-corrected chi connectivity index (χ3v) is 6.34. The van der Waals surface area contributed by atoms with Gasteiger partial charge >= 0.3 is 0 Å². The fourth-order valence-electron chi connectivity index (χ4n) is 2.97. The minimum Gasteiger partial charge on any atom is -0.348 e. The molecule has 7 heteroatoms. The minimum atomic E-state index is -0.278. The highest BCUT2D eigenvalue weighted by Crippen LogP contribution is 2.36. The molecule has 23 heavy (non-hydrogen) atoms. The lowest BCUT2D eigenvalue weighted by Gasteiger charge is -2.17. The van der Waals surface area contributed by atoms with E-state index in [1.165, 1.54) is 22.2 Å². The van der Waals surface area contributed by atoms with E-state index in [4.69, 9.17) is 0 Å². The van der Waals surface area contributed by atoms with Gasteiger partial charge in [0.15, 0.2) is 5.16 Å². The Kier molecular flexibility index (Phi) is 4.51. The van der Waals surface area contributed by atoms with Crippen LogP contribution >= 0.6 is 23.1 Å². The fourth-order valence-corrected chi connectivity index (χ4v) is 5.35. The van der Waals surface area contributed by atoms with Gasteiger partial charge in [0.05, 0.1) is 10.6 Å². The molecular formula is C16H21N3O2S2. The SMILES string of the molecule is C[C@@H]1CCc2c(sc3nc(S[C@H](C)C(=O)N(C)C)[nH]c(=O)c23)C1. The number of aromatic nitrogens is 2. The molecular weight excluding hydrogens is 330 g/mol. The Labute approximate surface area is 143 Å². The average molecular weight is 351 g/mol. The summed E-state index contributed by atoms with van der Waals surface area (Å²) in [6, 6.07) is 0. The Morgan fingerprint density at radius 3 is 2.91 bits per heavy atom. The number of nitrogens with zero attached hydrogens (tertiary/aromatic N) is 2. The van der Waals surface area contributed by atoms with Crippen LogP contribution in [0.15, 0.2) is 9.95 Å². The van der Waals surface area contributed by atoms with Gasteiger partial charge in [-0.25, -0.2) is 4.98 Å². The number of amides is 1. The van der Waals surface area contributed by atoms with Gasteiger partial charge in [-0.2, -0.15) is 0 Å². The molecule has 124 valence electrons. The molecule has 0 saturated carbocycles. The first kappa shape index (κ1) is 16.5. The fraction of sp³-hybridized carbons (Fsp3) is 0.562. The van der Waals surface area contributed by atoms with Crippen LogP contribution in [-0.2, 0) is 17.6 Å². The van der Waals surface area contributed by atoms with Crippen molar-refractivity contribution >= 4 is 39.2 Å². The van der Waals surface area contributed by atoms with Crippen LogP contribution in [0.5, 0.6) is 0 Å². The van der Waals surface area contributed by atoms with Gasteiger partial charge in [0.1, 0.15) is 4.83 Å². The topological polar surface area (TPSA) is 66.1 Å². The summed E-state index contributed by atoms with van der Waals surface area (Å²) in [5.41, 5.74) is 1.11. The number of nitrogens with one attached hydrogen (secondary N) is 1. The standard InChI is InChI=1S/C16H21N3O2S2/c1-8-5-6-10-11(7-8)23-14-12(10)13(20)17-16(18-14)22-9(2)15(21)19(3)4/h8-9H,5-7H2,1-4H3,(H,17,18,20)/t8-,9-/m1/s1. The molecule has 1 aliphatic carbocycles. The first-order valence-electron chi connectivity index (χ1n) is 7.79. The van der Waals surface area contributed by atoms with Gasteiger partial charge in [0.2, 0.25) is 5.91 Å². The van der Waals surface area contributed by atoms with E-state index in [-0.39, 0.29) is 16.7 Å². The van der Waals surface area contributed by atoms with Gasteiger partial charge in [0.25, 0.3) is 5.56 Å². The van der Waals surface area contributed by atoms with E-state index in [1.54, 1.807) is 30.3 Å². The number of thiophene rings is 1. The van der Waals surface area contributed by atoms with Gasteiger partial charge in [-0.1, -0.05) is 18.7 Å². The van der Waals surface area contributed by atoms with E-state index in [2.05, 4.69) is 16.9 Å². The lowest BCUT2D eigenvalue weighted by atomic mass is 9.89. The van der Waals surface area contributed by atoms with Gasteiger partial charge in [-0.15, -0.1) is 11.3 Å². The summed E-state index contributed by atoms with van der Waals surface area (Å²) < 4.78 is 0. The number of carbonyl (C=O) groups excluding carboxylic acids is 1. The number of thioether (sulfide) groups is 1. The first-order valence-corrected chi connectivity index (χ1v) is 9.48. The van der Waals surface area contributed by atoms with Crippen molar-refractivity contribution < 1.29 is 4.79 Å². The molecule has 0 fully saturated rings. The van der Waals surface area contributed by atoms with Crippen molar-refractivity contribution in [3.8, 4) is 0 Å². The molecule has 0 radical (unpaired) electrons. The summed E-state index contributed by atoms with van der Waals surface area (Å²) >= 11 is 2.94. The molecule has 2 heterocycles. The Morgan fingerprint density at radius 1 is 1.48 bits per heavy atom. The third kappa shape index (κ3) is 3.17. The number of aromatic amines is 1. The number of aryl methyl sites for hydroxylation is 1. The van der Waals surface area contributed by atoms with Gasteiger partial charge in [-0.05, 0) is 37.7 Å². The van der Waals surface area contributed by atoms with E-state index < -0.39 is 0 Å². The molecule has 0 unspecified atom stereocenters. The zero-order valence-corrected chi connectivity index (χ0v) is 15.4. The van der Waals surface area contributed by atoms with Gasteiger partial charge in [-0.3, -0.25) is 9.59 Å². The van der Waals surface area contributed by atoms with Crippen LogP contribution < -0.4 is 5.56 Å². The van der Waals surface area contributed by atoms with E-state index in [9.17, 15) is 9.59 Å². The maximum absolute atomic E-state index is 12.5. The summed E-state index contributed by atoms with van der Waals surface area (Å²) in [4.78, 5) is 35.6. The van der Waals surface area contributed by atoms with Crippen LogP contribution in [0.1, 0.15) is 30.7 Å². The Hall–Kier alpha value is -1.34. The molecule has 3 rings (SSSR count). The van der Waals surface area contributed by atoms with Crippen molar-refractivity contribution in [2.75, 3.05) is 14.1 Å². The number of fused-ring (bicyclic) bond motifs is 3. The molecule has 1 N–H and O–H groups in total. The minimum absolute atomic E-state index is 0.0112.